The van der Waals surface area contributed by atoms with Crippen molar-refractivity contribution >= 4 is 31.0 Å². The molecule has 2 aromatic carbocycles. The molecule has 0 heterocycles. The average molecular weight is 721 g/mol. The second kappa shape index (κ2) is 16.5. The summed E-state index contributed by atoms with van der Waals surface area (Å²) in [7, 11) is -3.80. The maximum absolute atomic E-state index is 15.8. The summed E-state index contributed by atoms with van der Waals surface area (Å²) in [5.41, 5.74) is 12.6. The largest absolute Gasteiger partial charge is 0.368 e. The molecule has 2 aromatic rings. The van der Waals surface area contributed by atoms with E-state index in [1.807, 2.05) is 88.4 Å². The van der Waals surface area contributed by atoms with Gasteiger partial charge in [-0.1, -0.05) is 88.4 Å². The molecule has 4 aliphatic rings. The highest BCUT2D eigenvalue weighted by Crippen LogP contribution is 2.64. The first-order valence-electron chi connectivity index (χ1n) is 18.7. The van der Waals surface area contributed by atoms with Crippen LogP contribution in [-0.4, -0.2) is 53.6 Å². The highest BCUT2D eigenvalue weighted by molar-refractivity contribution is 7.59. The monoisotopic (exact) mass is 720 g/mol. The van der Waals surface area contributed by atoms with Crippen LogP contribution in [0.5, 0.6) is 0 Å². The Balaban J connectivity index is 1.53. The number of nitrogens with one attached hydrogen (secondary N) is 2. The van der Waals surface area contributed by atoms with E-state index in [-0.39, 0.29) is 37.0 Å². The second-order valence-electron chi connectivity index (χ2n) is 16.4. The summed E-state index contributed by atoms with van der Waals surface area (Å²) in [6, 6.07) is 17.2. The number of carbonyl (C=O) groups excluding carboxylic acids is 4. The Morgan fingerprint density at radius 3 is 1.35 bits per heavy atom. The Kier molecular flexibility index (Phi) is 12.5. The predicted octanol–water partition coefficient (Wildman–Crippen LogP) is 5.22. The normalized spacial score (nSPS) is 25.8. The number of hydrogen-bond acceptors (Lipinski definition) is 6. The third-order valence-electron chi connectivity index (χ3n) is 11.3. The molecular weight excluding hydrogens is 663 g/mol. The van der Waals surface area contributed by atoms with Crippen LogP contribution >= 0.6 is 7.37 Å². The van der Waals surface area contributed by atoms with E-state index in [9.17, 15) is 19.2 Å². The molecule has 4 amide bonds. The Morgan fingerprint density at radius 2 is 1.04 bits per heavy atom. The summed E-state index contributed by atoms with van der Waals surface area (Å²) in [6.07, 6.45) is 6.26. The van der Waals surface area contributed by atoms with E-state index in [0.29, 0.717) is 17.8 Å². The van der Waals surface area contributed by atoms with Gasteiger partial charge in [0.25, 0.3) is 0 Å². The van der Waals surface area contributed by atoms with Gasteiger partial charge in [-0.25, -0.2) is 0 Å². The van der Waals surface area contributed by atoms with Crippen molar-refractivity contribution in [2.24, 2.45) is 52.9 Å². The zero-order chi connectivity index (χ0) is 36.9. The Hall–Kier alpha value is -3.49. The van der Waals surface area contributed by atoms with E-state index in [1.165, 1.54) is 0 Å². The Bertz CT molecular complexity index is 1450. The minimum Gasteiger partial charge on any atom is -0.368 e. The van der Waals surface area contributed by atoms with Crippen LogP contribution in [0.2, 0.25) is 0 Å². The van der Waals surface area contributed by atoms with Gasteiger partial charge >= 0.3 is 0 Å². The van der Waals surface area contributed by atoms with Crippen LogP contribution in [0.3, 0.4) is 0 Å². The molecule has 4 aliphatic carbocycles. The fourth-order valence-electron chi connectivity index (χ4n) is 9.27. The lowest BCUT2D eigenvalue weighted by Gasteiger charge is -2.57. The van der Waals surface area contributed by atoms with Gasteiger partial charge in [-0.05, 0) is 92.1 Å². The molecule has 0 saturated heterocycles. The molecule has 4 saturated carbocycles. The van der Waals surface area contributed by atoms with Crippen molar-refractivity contribution in [1.82, 2.24) is 10.6 Å². The van der Waals surface area contributed by atoms with Gasteiger partial charge < -0.3 is 26.6 Å². The number of primary amides is 2. The van der Waals surface area contributed by atoms with Gasteiger partial charge in [-0.15, -0.1) is 0 Å². The minimum absolute atomic E-state index is 0.110. The third-order valence-corrected chi connectivity index (χ3v) is 14.0. The Morgan fingerprint density at radius 1 is 0.686 bits per heavy atom. The molecule has 6 N–H and O–H groups in total. The quantitative estimate of drug-likeness (QED) is 0.154. The summed E-state index contributed by atoms with van der Waals surface area (Å²) in [5.74, 6) is -2.76. The maximum Gasteiger partial charge on any atom is 0.240 e. The maximum atomic E-state index is 15.8. The van der Waals surface area contributed by atoms with Gasteiger partial charge in [0.05, 0.1) is 17.4 Å². The van der Waals surface area contributed by atoms with Gasteiger partial charge in [0, 0.05) is 12.3 Å². The lowest BCUT2D eigenvalue weighted by Crippen LogP contribution is -2.53. The fraction of sp³-hybridized carbons (Fsp3) is 0.600. The van der Waals surface area contributed by atoms with Gasteiger partial charge in [0.15, 0.2) is 0 Å². The lowest BCUT2D eigenvalue weighted by molar-refractivity contribution is -0.130. The number of amides is 4. The number of nitrogens with two attached hydrogens (primary N) is 2. The molecule has 0 radical (unpaired) electrons. The van der Waals surface area contributed by atoms with E-state index in [0.717, 1.165) is 49.7 Å². The number of rotatable bonds is 18. The van der Waals surface area contributed by atoms with E-state index in [1.54, 1.807) is 0 Å². The van der Waals surface area contributed by atoms with E-state index < -0.39 is 60.5 Å². The van der Waals surface area contributed by atoms with E-state index >= 15 is 4.57 Å². The second-order valence-corrected chi connectivity index (χ2v) is 19.0. The molecular formula is C40H57N4O6P. The molecule has 278 valence electrons. The topological polar surface area (TPSA) is 171 Å². The van der Waals surface area contributed by atoms with Crippen LogP contribution in [0.25, 0.3) is 0 Å². The molecule has 2 unspecified atom stereocenters. The van der Waals surface area contributed by atoms with E-state index in [2.05, 4.69) is 10.6 Å². The molecule has 6 rings (SSSR count). The van der Waals surface area contributed by atoms with Crippen molar-refractivity contribution in [3.8, 4) is 0 Å². The van der Waals surface area contributed by atoms with Crippen molar-refractivity contribution in [2.45, 2.75) is 96.7 Å². The minimum atomic E-state index is -3.80. The first-order valence-corrected chi connectivity index (χ1v) is 20.7. The zero-order valence-electron chi connectivity index (χ0n) is 30.6. The highest BCUT2D eigenvalue weighted by Gasteiger charge is 2.55. The van der Waals surface area contributed by atoms with Crippen LogP contribution in [0, 0.1) is 41.4 Å². The summed E-state index contributed by atoms with van der Waals surface area (Å²) in [5, 5.41) is 5.73. The van der Waals surface area contributed by atoms with Crippen molar-refractivity contribution < 1.29 is 28.3 Å². The van der Waals surface area contributed by atoms with Crippen molar-refractivity contribution in [2.75, 3.05) is 12.3 Å². The first kappa shape index (κ1) is 38.7. The molecule has 10 nitrogen and oxygen atoms in total. The van der Waals surface area contributed by atoms with E-state index in [4.69, 9.17) is 16.0 Å². The van der Waals surface area contributed by atoms with Crippen LogP contribution in [0.4, 0.5) is 0 Å². The summed E-state index contributed by atoms with van der Waals surface area (Å²) < 4.78 is 22.9. The van der Waals surface area contributed by atoms with Crippen LogP contribution in [0.15, 0.2) is 60.7 Å². The summed E-state index contributed by atoms with van der Waals surface area (Å²) >= 11 is 0. The number of hydrogen-bond donors (Lipinski definition) is 4. The molecule has 0 aromatic heterocycles. The predicted molar refractivity (Wildman–Crippen MR) is 199 cm³/mol. The van der Waals surface area contributed by atoms with Crippen molar-refractivity contribution in [1.29, 1.82) is 0 Å². The molecule has 11 heteroatoms. The summed E-state index contributed by atoms with van der Waals surface area (Å²) in [4.78, 5) is 53.2. The number of benzene rings is 2. The van der Waals surface area contributed by atoms with Crippen LogP contribution in [0.1, 0.15) is 77.3 Å². The van der Waals surface area contributed by atoms with Crippen molar-refractivity contribution in [3.05, 3.63) is 71.8 Å². The highest BCUT2D eigenvalue weighted by atomic mass is 31.2. The zero-order valence-corrected chi connectivity index (χ0v) is 31.5. The Labute approximate surface area is 303 Å². The molecule has 4 bridgehead atoms. The molecule has 51 heavy (non-hydrogen) atoms. The third kappa shape index (κ3) is 10.1. The standard InChI is InChI=1S/C40H57N4O6P/c1-25(2)34(36(41)45)43-38(47)32(18-27-11-7-5-8-12-27)23-51(49,50-40-20-29-15-30(21-40)17-31(16-29)22-40)24-33(19-28-13-9-6-10-14-28)39(48)44-35(26(3)4)37(42)46/h5-14,25-26,29-35H,15-24H2,1-4H3,(H2,41,45)(H2,42,46)(H,43,47)(H,44,48)/t29?,30?,31?,32?,33?,34-,35-,40?,51?/m0/s1. The SMILES string of the molecule is CC(C)[C@H](NC(=O)C(Cc1ccccc1)CP(=O)(CC(Cc1ccccc1)C(=O)N[C@H](C(N)=O)C(C)C)OC12CC3CC(CC(C3)C1)C2)C(N)=O. The molecule has 4 fully saturated rings. The van der Waals surface area contributed by atoms with Gasteiger partial charge in [0.1, 0.15) is 12.1 Å². The first-order chi connectivity index (χ1) is 24.1. The number of carbonyl (C=O) groups is 4. The molecule has 4 atom stereocenters. The van der Waals surface area contributed by atoms with Gasteiger partial charge in [-0.2, -0.15) is 0 Å². The molecule has 0 aliphatic heterocycles. The van der Waals surface area contributed by atoms with Crippen molar-refractivity contribution in [3.63, 3.8) is 0 Å². The average Bonchev–Trinajstić information content (AvgIpc) is 3.04. The van der Waals surface area contributed by atoms with Gasteiger partial charge in [-0.3, -0.25) is 23.7 Å². The van der Waals surface area contributed by atoms with Crippen LogP contribution in [-0.2, 0) is 41.1 Å². The van der Waals surface area contributed by atoms with Crippen LogP contribution < -0.4 is 22.1 Å². The lowest BCUT2D eigenvalue weighted by atomic mass is 9.54. The smallest absolute Gasteiger partial charge is 0.240 e. The fourth-order valence-corrected chi connectivity index (χ4v) is 12.4. The summed E-state index contributed by atoms with van der Waals surface area (Å²) in [6.45, 7) is 7.25. The van der Waals surface area contributed by atoms with Gasteiger partial charge in [0.2, 0.25) is 31.0 Å². The molecule has 0 spiro atoms.